The molecular formula is C18H17F2N3O4S. The lowest BCUT2D eigenvalue weighted by Gasteiger charge is -2.09. The van der Waals surface area contributed by atoms with Crippen LogP contribution in [0.5, 0.6) is 0 Å². The number of hydrogen-bond donors (Lipinski definition) is 3. The monoisotopic (exact) mass is 409 g/mol. The average Bonchev–Trinajstić information content (AvgIpc) is 3.43. The number of halogens is 2. The van der Waals surface area contributed by atoms with E-state index in [2.05, 4.69) is 15.4 Å². The standard InChI is InChI=1S/C18H17F2N3O4S/c19-11-1-8-15(16(20)9-11)18(25)21-10-17(24)22-12-4-6-14(7-5-12)28(26,27)23-13-2-3-13/h1,4-9,13,23H,2-3,10H2,(H,21,25)(H,22,24). The molecule has 2 amide bonds. The molecule has 148 valence electrons. The van der Waals surface area contributed by atoms with Gasteiger partial charge in [0.25, 0.3) is 5.91 Å². The molecule has 0 aromatic heterocycles. The highest BCUT2D eigenvalue weighted by Crippen LogP contribution is 2.22. The van der Waals surface area contributed by atoms with Gasteiger partial charge >= 0.3 is 0 Å². The van der Waals surface area contributed by atoms with Gasteiger partial charge in [-0.2, -0.15) is 0 Å². The zero-order chi connectivity index (χ0) is 20.3. The first-order chi connectivity index (χ1) is 13.2. The maximum atomic E-state index is 13.5. The molecule has 0 heterocycles. The van der Waals surface area contributed by atoms with Crippen LogP contribution in [0.1, 0.15) is 23.2 Å². The summed E-state index contributed by atoms with van der Waals surface area (Å²) >= 11 is 0. The Hall–Kier alpha value is -2.85. The molecule has 0 atom stereocenters. The van der Waals surface area contributed by atoms with Crippen LogP contribution in [0, 0.1) is 11.6 Å². The van der Waals surface area contributed by atoms with Crippen LogP contribution >= 0.6 is 0 Å². The van der Waals surface area contributed by atoms with Gasteiger partial charge in [-0.1, -0.05) is 0 Å². The average molecular weight is 409 g/mol. The first-order valence-corrected chi connectivity index (χ1v) is 9.88. The first-order valence-electron chi connectivity index (χ1n) is 8.40. The Morgan fingerprint density at radius 3 is 2.32 bits per heavy atom. The van der Waals surface area contributed by atoms with Crippen molar-refractivity contribution in [3.8, 4) is 0 Å². The van der Waals surface area contributed by atoms with Crippen molar-refractivity contribution in [1.82, 2.24) is 10.0 Å². The van der Waals surface area contributed by atoms with E-state index in [1.54, 1.807) is 0 Å². The summed E-state index contributed by atoms with van der Waals surface area (Å²) in [5.74, 6) is -3.30. The van der Waals surface area contributed by atoms with Gasteiger partial charge in [0, 0.05) is 17.8 Å². The van der Waals surface area contributed by atoms with Crippen molar-refractivity contribution in [2.24, 2.45) is 0 Å². The van der Waals surface area contributed by atoms with Gasteiger partial charge in [-0.05, 0) is 49.2 Å². The minimum Gasteiger partial charge on any atom is -0.343 e. The van der Waals surface area contributed by atoms with Crippen molar-refractivity contribution in [2.45, 2.75) is 23.8 Å². The van der Waals surface area contributed by atoms with Crippen molar-refractivity contribution < 1.29 is 26.8 Å². The van der Waals surface area contributed by atoms with Crippen molar-refractivity contribution in [1.29, 1.82) is 0 Å². The van der Waals surface area contributed by atoms with Crippen molar-refractivity contribution in [2.75, 3.05) is 11.9 Å². The smallest absolute Gasteiger partial charge is 0.254 e. The molecule has 0 bridgehead atoms. The Kier molecular flexibility index (Phi) is 5.71. The van der Waals surface area contributed by atoms with Crippen molar-refractivity contribution in [3.05, 3.63) is 59.7 Å². The van der Waals surface area contributed by atoms with Gasteiger partial charge in [0.1, 0.15) is 11.6 Å². The van der Waals surface area contributed by atoms with Gasteiger partial charge in [0.2, 0.25) is 15.9 Å². The lowest BCUT2D eigenvalue weighted by atomic mass is 10.2. The summed E-state index contributed by atoms with van der Waals surface area (Å²) in [6.07, 6.45) is 1.64. The van der Waals surface area contributed by atoms with Crippen LogP contribution in [-0.4, -0.2) is 32.8 Å². The van der Waals surface area contributed by atoms with E-state index in [9.17, 15) is 26.8 Å². The van der Waals surface area contributed by atoms with Crippen LogP contribution in [0.3, 0.4) is 0 Å². The highest BCUT2D eigenvalue weighted by atomic mass is 32.2. The Morgan fingerprint density at radius 2 is 1.71 bits per heavy atom. The van der Waals surface area contributed by atoms with Gasteiger partial charge in [-0.25, -0.2) is 21.9 Å². The largest absolute Gasteiger partial charge is 0.343 e. The predicted octanol–water partition coefficient (Wildman–Crippen LogP) is 1.77. The summed E-state index contributed by atoms with van der Waals surface area (Å²) in [7, 11) is -3.58. The van der Waals surface area contributed by atoms with E-state index in [4.69, 9.17) is 0 Å². The molecule has 0 unspecified atom stereocenters. The molecule has 3 N–H and O–H groups in total. The lowest BCUT2D eigenvalue weighted by Crippen LogP contribution is -2.33. The van der Waals surface area contributed by atoms with Gasteiger partial charge in [-0.3, -0.25) is 9.59 Å². The molecule has 0 radical (unpaired) electrons. The third kappa shape index (κ3) is 5.11. The summed E-state index contributed by atoms with van der Waals surface area (Å²) in [5.41, 5.74) is -0.0514. The zero-order valence-electron chi connectivity index (χ0n) is 14.5. The number of benzene rings is 2. The van der Waals surface area contributed by atoms with Crippen molar-refractivity contribution in [3.63, 3.8) is 0 Å². The quantitative estimate of drug-likeness (QED) is 0.648. The Balaban J connectivity index is 1.53. The molecular weight excluding hydrogens is 392 g/mol. The molecule has 2 aromatic rings. The third-order valence-corrected chi connectivity index (χ3v) is 5.47. The zero-order valence-corrected chi connectivity index (χ0v) is 15.4. The molecule has 2 aromatic carbocycles. The second-order valence-corrected chi connectivity index (χ2v) is 7.99. The highest BCUT2D eigenvalue weighted by molar-refractivity contribution is 7.89. The van der Waals surface area contributed by atoms with Crippen LogP contribution in [-0.2, 0) is 14.8 Å². The second-order valence-electron chi connectivity index (χ2n) is 6.27. The fourth-order valence-corrected chi connectivity index (χ4v) is 3.65. The van der Waals surface area contributed by atoms with Crippen LogP contribution < -0.4 is 15.4 Å². The predicted molar refractivity (Wildman–Crippen MR) is 97.1 cm³/mol. The Bertz CT molecular complexity index is 1010. The molecule has 3 rings (SSSR count). The number of nitrogens with one attached hydrogen (secondary N) is 3. The third-order valence-electron chi connectivity index (χ3n) is 3.93. The van der Waals surface area contributed by atoms with E-state index in [1.165, 1.54) is 24.3 Å². The lowest BCUT2D eigenvalue weighted by molar-refractivity contribution is -0.115. The second kappa shape index (κ2) is 8.03. The van der Waals surface area contributed by atoms with E-state index in [0.29, 0.717) is 11.8 Å². The number of rotatable bonds is 7. The molecule has 0 spiro atoms. The summed E-state index contributed by atoms with van der Waals surface area (Å²) in [5, 5.41) is 4.71. The molecule has 0 saturated heterocycles. The molecule has 1 saturated carbocycles. The summed E-state index contributed by atoms with van der Waals surface area (Å²) in [4.78, 5) is 23.8. The van der Waals surface area contributed by atoms with Gasteiger partial charge in [0.15, 0.2) is 0 Å². The Labute approximate surface area is 160 Å². The van der Waals surface area contributed by atoms with Crippen LogP contribution in [0.15, 0.2) is 47.4 Å². The summed E-state index contributed by atoms with van der Waals surface area (Å²) < 4.78 is 53.1. The SMILES string of the molecule is O=C(CNC(=O)c1ccc(F)cc1F)Nc1ccc(S(=O)(=O)NC2CC2)cc1. The molecule has 1 aliphatic rings. The molecule has 1 fully saturated rings. The normalized spacial score (nSPS) is 13.8. The van der Waals surface area contributed by atoms with E-state index >= 15 is 0 Å². The maximum Gasteiger partial charge on any atom is 0.254 e. The van der Waals surface area contributed by atoms with E-state index in [1.807, 2.05) is 0 Å². The number of sulfonamides is 1. The summed E-state index contributed by atoms with van der Waals surface area (Å²) in [6.45, 7) is -0.446. The van der Waals surface area contributed by atoms with Crippen LogP contribution in [0.2, 0.25) is 0 Å². The minimum atomic E-state index is -3.58. The van der Waals surface area contributed by atoms with Crippen LogP contribution in [0.4, 0.5) is 14.5 Å². The minimum absolute atomic E-state index is 0.0149. The fraction of sp³-hybridized carbons (Fsp3) is 0.222. The van der Waals surface area contributed by atoms with E-state index in [0.717, 1.165) is 25.0 Å². The van der Waals surface area contributed by atoms with E-state index in [-0.39, 0.29) is 16.5 Å². The van der Waals surface area contributed by atoms with Gasteiger partial charge < -0.3 is 10.6 Å². The topological polar surface area (TPSA) is 104 Å². The molecule has 1 aliphatic carbocycles. The number of hydrogen-bond acceptors (Lipinski definition) is 4. The number of anilines is 1. The first kappa shape index (κ1) is 19.9. The maximum absolute atomic E-state index is 13.5. The number of carbonyl (C=O) groups is 2. The molecule has 10 heteroatoms. The fourth-order valence-electron chi connectivity index (χ4n) is 2.34. The molecule has 7 nitrogen and oxygen atoms in total. The number of carbonyl (C=O) groups excluding carboxylic acids is 2. The molecule has 28 heavy (non-hydrogen) atoms. The van der Waals surface area contributed by atoms with Gasteiger partial charge in [0.05, 0.1) is 17.0 Å². The Morgan fingerprint density at radius 1 is 1.04 bits per heavy atom. The van der Waals surface area contributed by atoms with Gasteiger partial charge in [-0.15, -0.1) is 0 Å². The number of amides is 2. The highest BCUT2D eigenvalue weighted by Gasteiger charge is 2.27. The summed E-state index contributed by atoms with van der Waals surface area (Å²) in [6, 6.07) is 8.02. The van der Waals surface area contributed by atoms with Crippen LogP contribution in [0.25, 0.3) is 0 Å². The molecule has 0 aliphatic heterocycles. The van der Waals surface area contributed by atoms with Crippen molar-refractivity contribution >= 4 is 27.5 Å². The van der Waals surface area contributed by atoms with E-state index < -0.39 is 40.0 Å².